The zero-order valence-corrected chi connectivity index (χ0v) is 14.5. The Morgan fingerprint density at radius 3 is 2.77 bits per heavy atom. The first-order valence-electron chi connectivity index (χ1n) is 7.89. The van der Waals surface area contributed by atoms with Crippen molar-refractivity contribution in [3.63, 3.8) is 0 Å². The van der Waals surface area contributed by atoms with Gasteiger partial charge < -0.3 is 4.74 Å². The third-order valence-electron chi connectivity index (χ3n) is 3.45. The molecule has 0 aliphatic heterocycles. The van der Waals surface area contributed by atoms with Gasteiger partial charge in [0.15, 0.2) is 6.61 Å². The predicted molar refractivity (Wildman–Crippen MR) is 100 cm³/mol. The van der Waals surface area contributed by atoms with Crippen molar-refractivity contribution >= 4 is 23.9 Å². The maximum Gasteiger partial charge on any atom is 0.277 e. The summed E-state index contributed by atoms with van der Waals surface area (Å²) in [6.07, 6.45) is 4.39. The van der Waals surface area contributed by atoms with Crippen LogP contribution in [0.2, 0.25) is 0 Å². The lowest BCUT2D eigenvalue weighted by Gasteiger charge is -2.08. The summed E-state index contributed by atoms with van der Waals surface area (Å²) in [5, 5.41) is 14.6. The first-order chi connectivity index (χ1) is 12.5. The van der Waals surface area contributed by atoms with Crippen LogP contribution in [-0.4, -0.2) is 23.7 Å². The van der Waals surface area contributed by atoms with Crippen LogP contribution in [0.25, 0.3) is 6.08 Å². The van der Waals surface area contributed by atoms with Crippen LogP contribution < -0.4 is 10.2 Å². The molecule has 0 unspecified atom stereocenters. The second-order valence-electron chi connectivity index (χ2n) is 5.55. The highest BCUT2D eigenvalue weighted by Crippen LogP contribution is 2.19. The number of benzene rings is 2. The number of nitro groups is 1. The molecule has 2 rings (SSSR count). The molecule has 0 aliphatic rings. The molecule has 134 valence electrons. The van der Waals surface area contributed by atoms with Gasteiger partial charge in [0.05, 0.1) is 10.5 Å². The first kappa shape index (κ1) is 18.9. The summed E-state index contributed by atoms with van der Waals surface area (Å²) < 4.78 is 5.44. The molecule has 2 aromatic carbocycles. The molecule has 26 heavy (non-hydrogen) atoms. The molecule has 2 aromatic rings. The molecule has 1 amide bonds. The second kappa shape index (κ2) is 9.12. The number of hydrazone groups is 1. The van der Waals surface area contributed by atoms with Crippen LogP contribution in [0.1, 0.15) is 16.7 Å². The zero-order valence-electron chi connectivity index (χ0n) is 14.5. The maximum absolute atomic E-state index is 11.7. The van der Waals surface area contributed by atoms with Crippen molar-refractivity contribution in [3.8, 4) is 5.75 Å². The number of ether oxygens (including phenoxy) is 1. The van der Waals surface area contributed by atoms with Gasteiger partial charge in [-0.1, -0.05) is 29.8 Å². The lowest BCUT2D eigenvalue weighted by atomic mass is 10.1. The van der Waals surface area contributed by atoms with Gasteiger partial charge in [-0.25, -0.2) is 5.43 Å². The largest absolute Gasteiger partial charge is 0.483 e. The highest BCUT2D eigenvalue weighted by molar-refractivity contribution is 5.82. The molecule has 0 heterocycles. The highest BCUT2D eigenvalue weighted by Gasteiger charge is 2.08. The Kier molecular flexibility index (Phi) is 6.61. The molecule has 7 nitrogen and oxygen atoms in total. The molecule has 1 N–H and O–H groups in total. The van der Waals surface area contributed by atoms with Crippen LogP contribution in [0.5, 0.6) is 5.75 Å². The van der Waals surface area contributed by atoms with Crippen LogP contribution in [0.3, 0.4) is 0 Å². The maximum atomic E-state index is 11.7. The van der Waals surface area contributed by atoms with Gasteiger partial charge in [-0.05, 0) is 43.7 Å². The summed E-state index contributed by atoms with van der Waals surface area (Å²) in [5.41, 5.74) is 4.86. The summed E-state index contributed by atoms with van der Waals surface area (Å²) in [4.78, 5) is 22.2. The number of nitrogens with one attached hydrogen (secondary N) is 1. The molecule has 7 heteroatoms. The fraction of sp³-hybridized carbons (Fsp3) is 0.158. The van der Waals surface area contributed by atoms with Crippen molar-refractivity contribution in [2.24, 2.45) is 5.10 Å². The number of aryl methyl sites for hydroxylation is 2. The van der Waals surface area contributed by atoms with E-state index < -0.39 is 10.8 Å². The Balaban J connectivity index is 1.83. The van der Waals surface area contributed by atoms with E-state index in [-0.39, 0.29) is 12.3 Å². The Morgan fingerprint density at radius 2 is 2.04 bits per heavy atom. The third-order valence-corrected chi connectivity index (χ3v) is 3.45. The fourth-order valence-electron chi connectivity index (χ4n) is 2.23. The van der Waals surface area contributed by atoms with Crippen LogP contribution >= 0.6 is 0 Å². The summed E-state index contributed by atoms with van der Waals surface area (Å²) in [6.45, 7) is 3.73. The van der Waals surface area contributed by atoms with Crippen molar-refractivity contribution in [2.75, 3.05) is 6.61 Å². The number of carbonyl (C=O) groups excluding carboxylic acids is 1. The summed E-state index contributed by atoms with van der Waals surface area (Å²) >= 11 is 0. The number of para-hydroxylation sites is 1. The van der Waals surface area contributed by atoms with Crippen LogP contribution in [0.15, 0.2) is 53.6 Å². The number of allylic oxidation sites excluding steroid dienone is 1. The lowest BCUT2D eigenvalue weighted by Crippen LogP contribution is -2.24. The van der Waals surface area contributed by atoms with Gasteiger partial charge >= 0.3 is 0 Å². The van der Waals surface area contributed by atoms with E-state index >= 15 is 0 Å². The number of hydrogen-bond acceptors (Lipinski definition) is 5. The molecule has 0 atom stereocenters. The molecule has 0 saturated carbocycles. The Morgan fingerprint density at radius 1 is 1.27 bits per heavy atom. The molecule has 0 fully saturated rings. The van der Waals surface area contributed by atoms with E-state index in [9.17, 15) is 14.9 Å². The van der Waals surface area contributed by atoms with E-state index in [1.165, 1.54) is 18.4 Å². The minimum Gasteiger partial charge on any atom is -0.483 e. The first-order valence-corrected chi connectivity index (χ1v) is 7.89. The molecule has 0 saturated heterocycles. The minimum absolute atomic E-state index is 0.00283. The van der Waals surface area contributed by atoms with Crippen LogP contribution in [0, 0.1) is 24.0 Å². The lowest BCUT2D eigenvalue weighted by molar-refractivity contribution is -0.385. The third kappa shape index (κ3) is 5.55. The van der Waals surface area contributed by atoms with Gasteiger partial charge in [0.2, 0.25) is 0 Å². The minimum atomic E-state index is -0.455. The van der Waals surface area contributed by atoms with E-state index in [0.29, 0.717) is 11.3 Å². The van der Waals surface area contributed by atoms with E-state index in [1.54, 1.807) is 24.3 Å². The molecule has 0 radical (unpaired) electrons. The van der Waals surface area contributed by atoms with Crippen molar-refractivity contribution in [1.82, 2.24) is 5.43 Å². The number of nitro benzene ring substituents is 1. The van der Waals surface area contributed by atoms with E-state index in [0.717, 1.165) is 11.1 Å². The van der Waals surface area contributed by atoms with Crippen LogP contribution in [0.4, 0.5) is 5.69 Å². The molecule has 0 aliphatic carbocycles. The topological polar surface area (TPSA) is 93.8 Å². The van der Waals surface area contributed by atoms with Crippen molar-refractivity contribution < 1.29 is 14.5 Å². The van der Waals surface area contributed by atoms with Gasteiger partial charge in [0, 0.05) is 12.3 Å². The van der Waals surface area contributed by atoms with Gasteiger partial charge in [0.25, 0.3) is 11.6 Å². The zero-order chi connectivity index (χ0) is 18.9. The van der Waals surface area contributed by atoms with E-state index in [1.807, 2.05) is 32.0 Å². The second-order valence-corrected chi connectivity index (χ2v) is 5.55. The molecular weight excluding hydrogens is 334 g/mol. The van der Waals surface area contributed by atoms with E-state index in [2.05, 4.69) is 10.5 Å². The predicted octanol–water partition coefficient (Wildman–Crippen LogP) is 3.41. The number of amides is 1. The van der Waals surface area contributed by atoms with Crippen molar-refractivity contribution in [3.05, 3.63) is 75.3 Å². The van der Waals surface area contributed by atoms with Gasteiger partial charge in [-0.3, -0.25) is 14.9 Å². The van der Waals surface area contributed by atoms with Crippen LogP contribution in [-0.2, 0) is 4.79 Å². The molecule has 0 bridgehead atoms. The summed E-state index contributed by atoms with van der Waals surface area (Å²) in [6, 6.07) is 12.0. The number of carbonyl (C=O) groups is 1. The van der Waals surface area contributed by atoms with E-state index in [4.69, 9.17) is 4.74 Å². The van der Waals surface area contributed by atoms with Gasteiger partial charge in [-0.15, -0.1) is 0 Å². The van der Waals surface area contributed by atoms with Gasteiger partial charge in [-0.2, -0.15) is 5.10 Å². The summed E-state index contributed by atoms with van der Waals surface area (Å²) in [5.74, 6) is 0.242. The Labute approximate surface area is 151 Å². The van der Waals surface area contributed by atoms with Crippen molar-refractivity contribution in [1.29, 1.82) is 0 Å². The monoisotopic (exact) mass is 353 g/mol. The van der Waals surface area contributed by atoms with Crippen molar-refractivity contribution in [2.45, 2.75) is 13.8 Å². The fourth-order valence-corrected chi connectivity index (χ4v) is 2.23. The number of hydrogen-bond donors (Lipinski definition) is 1. The highest BCUT2D eigenvalue weighted by atomic mass is 16.6. The molecular formula is C19H19N3O4. The number of rotatable bonds is 7. The Hall–Kier alpha value is -3.48. The Bertz CT molecular complexity index is 860. The molecule has 0 spiro atoms. The standard InChI is InChI=1S/C19H19N3O4/c1-14-9-10-18(15(2)12-14)26-13-19(23)21-20-11-5-7-16-6-3-4-8-17(16)22(24)25/h3-12H,13H2,1-2H3,(H,21,23)/b7-5+,20-11+. The smallest absolute Gasteiger partial charge is 0.277 e. The normalized spacial score (nSPS) is 11.0. The average molecular weight is 353 g/mol. The number of nitrogens with zero attached hydrogens (tertiary/aromatic N) is 2. The molecule has 0 aromatic heterocycles. The van der Waals surface area contributed by atoms with Gasteiger partial charge in [0.1, 0.15) is 5.75 Å². The summed E-state index contributed by atoms with van der Waals surface area (Å²) in [7, 11) is 0. The quantitative estimate of drug-likeness (QED) is 0.469. The average Bonchev–Trinajstić information content (AvgIpc) is 2.61. The SMILES string of the molecule is Cc1ccc(OCC(=O)N/N=C/C=C/c2ccccc2[N+](=O)[O-])c(C)c1.